The number of halogens is 1. The minimum absolute atomic E-state index is 0.0418. The van der Waals surface area contributed by atoms with E-state index >= 15 is 0 Å². The number of rotatable bonds is 11. The number of hydrogen-bond acceptors (Lipinski definition) is 7. The van der Waals surface area contributed by atoms with E-state index in [9.17, 15) is 9.90 Å². The molecule has 3 atom stereocenters. The van der Waals surface area contributed by atoms with Gasteiger partial charge in [0.25, 0.3) is 0 Å². The van der Waals surface area contributed by atoms with Crippen molar-refractivity contribution in [1.29, 1.82) is 0 Å². The number of piperidine rings is 1. The molecule has 14 heteroatoms. The van der Waals surface area contributed by atoms with Gasteiger partial charge in [-0.05, 0) is 55.9 Å². The van der Waals surface area contributed by atoms with Crippen molar-refractivity contribution >= 4 is 62.0 Å². The second kappa shape index (κ2) is 13.3. The SMILES string of the molecule is Cn1nc2ccc(-c3cn(COCC[Si](C)(C)C)c4nc(N5[C@@H]6CC[C@H]5CC(NC(=O)O)C6)cnc34)c(Cl)c2c1CO[Si](C)(C)C(C)(C)C. The van der Waals surface area contributed by atoms with Gasteiger partial charge in [0.1, 0.15) is 18.1 Å². The Bertz CT molecular complexity index is 1850. The summed E-state index contributed by atoms with van der Waals surface area (Å²) in [5.41, 5.74) is 5.04. The first kappa shape index (κ1) is 35.8. The molecule has 1 unspecified atom stereocenters. The molecule has 1 amide bonds. The standard InChI is InChI=1S/C35H52ClN7O4Si2/c1-35(2,3)49(8,9)47-20-28-30-27(40-41(28)4)13-12-25(31(30)36)26-19-42(21-46-14-15-48(5,6)7)33-32(26)37-18-29(39-33)43-23-10-11-24(43)17-22(16-23)38-34(44)45/h12-13,18-19,22-24,38H,10-11,14-17,20-21H2,1-9H3,(H,44,45)/t22?,23-,24+. The lowest BCUT2D eigenvalue weighted by atomic mass is 9.97. The first-order valence-electron chi connectivity index (χ1n) is 17.4. The average Bonchev–Trinajstić information content (AvgIpc) is 3.61. The quantitative estimate of drug-likeness (QED) is 0.117. The summed E-state index contributed by atoms with van der Waals surface area (Å²) in [5.74, 6) is 0.820. The zero-order valence-corrected chi connectivity index (χ0v) is 33.2. The summed E-state index contributed by atoms with van der Waals surface area (Å²) in [6.07, 6.45) is 6.51. The smallest absolute Gasteiger partial charge is 0.404 e. The number of aryl methyl sites for hydroxylation is 1. The lowest BCUT2D eigenvalue weighted by Crippen LogP contribution is -2.50. The van der Waals surface area contributed by atoms with Crippen LogP contribution in [0.15, 0.2) is 24.5 Å². The number of nitrogens with one attached hydrogen (secondary N) is 1. The Hall–Kier alpha value is -2.98. The van der Waals surface area contributed by atoms with Crippen LogP contribution in [-0.4, -0.2) is 76.6 Å². The molecule has 266 valence electrons. The Morgan fingerprint density at radius 2 is 1.80 bits per heavy atom. The summed E-state index contributed by atoms with van der Waals surface area (Å²) < 4.78 is 16.8. The molecule has 4 aromatic rings. The number of carbonyl (C=O) groups is 1. The topological polar surface area (TPSA) is 120 Å². The molecule has 2 N–H and O–H groups in total. The van der Waals surface area contributed by atoms with Crippen molar-refractivity contribution in [2.45, 2.75) is 122 Å². The number of carboxylic acid groups (broad SMARTS) is 1. The van der Waals surface area contributed by atoms with Crippen molar-refractivity contribution in [2.75, 3.05) is 11.5 Å². The number of benzene rings is 1. The molecule has 2 saturated heterocycles. The Balaban J connectivity index is 1.38. The minimum Gasteiger partial charge on any atom is -0.465 e. The number of amides is 1. The maximum Gasteiger partial charge on any atom is 0.404 e. The van der Waals surface area contributed by atoms with E-state index in [1.807, 2.05) is 30.1 Å². The largest absolute Gasteiger partial charge is 0.465 e. The van der Waals surface area contributed by atoms with E-state index in [0.717, 1.165) is 76.4 Å². The fourth-order valence-electron chi connectivity index (χ4n) is 6.99. The van der Waals surface area contributed by atoms with Crippen LogP contribution in [0.2, 0.25) is 48.8 Å². The van der Waals surface area contributed by atoms with Gasteiger partial charge in [-0.25, -0.2) is 14.8 Å². The zero-order chi connectivity index (χ0) is 35.5. The monoisotopic (exact) mass is 725 g/mol. The molecule has 5 heterocycles. The van der Waals surface area contributed by atoms with Gasteiger partial charge in [-0.3, -0.25) is 4.68 Å². The maximum absolute atomic E-state index is 11.4. The molecule has 0 spiro atoms. The molecule has 0 radical (unpaired) electrons. The fraction of sp³-hybridized carbons (Fsp3) is 0.600. The molecule has 3 aromatic heterocycles. The van der Waals surface area contributed by atoms with Crippen molar-refractivity contribution in [1.82, 2.24) is 29.6 Å². The number of hydrogen-bond donors (Lipinski definition) is 2. The summed E-state index contributed by atoms with van der Waals surface area (Å²) in [5, 5.41) is 18.4. The number of ether oxygens (including phenoxy) is 1. The van der Waals surface area contributed by atoms with E-state index in [4.69, 9.17) is 35.8 Å². The predicted octanol–water partition coefficient (Wildman–Crippen LogP) is 8.24. The highest BCUT2D eigenvalue weighted by Gasteiger charge is 2.42. The van der Waals surface area contributed by atoms with Crippen molar-refractivity contribution in [3.8, 4) is 11.1 Å². The average molecular weight is 726 g/mol. The first-order valence-corrected chi connectivity index (χ1v) is 24.4. The molecule has 0 aliphatic carbocycles. The van der Waals surface area contributed by atoms with Crippen LogP contribution < -0.4 is 10.2 Å². The van der Waals surface area contributed by atoms with Crippen molar-refractivity contribution in [2.24, 2.45) is 7.05 Å². The molecule has 6 rings (SSSR count). The van der Waals surface area contributed by atoms with Crippen LogP contribution in [0.25, 0.3) is 33.2 Å². The molecule has 1 aromatic carbocycles. The van der Waals surface area contributed by atoms with Crippen molar-refractivity contribution in [3.63, 3.8) is 0 Å². The van der Waals surface area contributed by atoms with E-state index in [-0.39, 0.29) is 23.2 Å². The number of aromatic nitrogens is 5. The summed E-state index contributed by atoms with van der Waals surface area (Å²) in [4.78, 5) is 24.0. The van der Waals surface area contributed by atoms with Gasteiger partial charge < -0.3 is 29.1 Å². The van der Waals surface area contributed by atoms with Crippen LogP contribution in [0.1, 0.15) is 52.1 Å². The van der Waals surface area contributed by atoms with Crippen LogP contribution in [0.4, 0.5) is 10.6 Å². The summed E-state index contributed by atoms with van der Waals surface area (Å²) in [6, 6.07) is 5.51. The molecule has 2 aliphatic heterocycles. The number of fused-ring (bicyclic) bond motifs is 4. The third kappa shape index (κ3) is 7.28. The highest BCUT2D eigenvalue weighted by Crippen LogP contribution is 2.43. The lowest BCUT2D eigenvalue weighted by molar-refractivity contribution is 0.0899. The van der Waals surface area contributed by atoms with Crippen LogP contribution in [0.3, 0.4) is 0 Å². The zero-order valence-electron chi connectivity index (χ0n) is 30.4. The molecular weight excluding hydrogens is 674 g/mol. The maximum atomic E-state index is 11.4. The van der Waals surface area contributed by atoms with E-state index in [0.29, 0.717) is 25.0 Å². The van der Waals surface area contributed by atoms with E-state index in [1.165, 1.54) is 0 Å². The third-order valence-corrected chi connectivity index (χ3v) is 17.4. The predicted molar refractivity (Wildman–Crippen MR) is 202 cm³/mol. The number of anilines is 1. The molecule has 11 nitrogen and oxygen atoms in total. The Morgan fingerprint density at radius 1 is 1.10 bits per heavy atom. The molecule has 2 bridgehead atoms. The highest BCUT2D eigenvalue weighted by atomic mass is 35.5. The van der Waals surface area contributed by atoms with Gasteiger partial charge >= 0.3 is 6.09 Å². The molecule has 2 aliphatic rings. The van der Waals surface area contributed by atoms with Crippen molar-refractivity contribution in [3.05, 3.63) is 35.2 Å². The van der Waals surface area contributed by atoms with Gasteiger partial charge in [0.15, 0.2) is 14.0 Å². The van der Waals surface area contributed by atoms with Gasteiger partial charge in [-0.1, -0.05) is 58.1 Å². The van der Waals surface area contributed by atoms with Crippen LogP contribution >= 0.6 is 11.6 Å². The van der Waals surface area contributed by atoms with Crippen LogP contribution in [0.5, 0.6) is 0 Å². The summed E-state index contributed by atoms with van der Waals surface area (Å²) in [6.45, 7) is 19.8. The highest BCUT2D eigenvalue weighted by molar-refractivity contribution is 6.76. The molecular formula is C35H52ClN7O4Si2. The molecule has 49 heavy (non-hydrogen) atoms. The minimum atomic E-state index is -2.01. The van der Waals surface area contributed by atoms with Gasteiger partial charge in [0, 0.05) is 62.6 Å². The molecule has 0 saturated carbocycles. The van der Waals surface area contributed by atoms with Gasteiger partial charge in [-0.2, -0.15) is 5.10 Å². The number of nitrogens with zero attached hydrogens (tertiary/aromatic N) is 6. The van der Waals surface area contributed by atoms with Gasteiger partial charge in [0.05, 0.1) is 29.0 Å². The van der Waals surface area contributed by atoms with Gasteiger partial charge in [-0.15, -0.1) is 0 Å². The second-order valence-electron chi connectivity index (χ2n) is 16.6. The third-order valence-electron chi connectivity index (χ3n) is 10.8. The fourth-order valence-corrected chi connectivity index (χ4v) is 9.05. The second-order valence-corrected chi connectivity index (χ2v) is 27.4. The van der Waals surface area contributed by atoms with E-state index in [2.05, 4.69) is 74.5 Å². The normalized spacial score (nSPS) is 20.1. The Kier molecular flexibility index (Phi) is 9.72. The van der Waals surface area contributed by atoms with Crippen LogP contribution in [-0.2, 0) is 29.5 Å². The van der Waals surface area contributed by atoms with E-state index in [1.54, 1.807) is 0 Å². The van der Waals surface area contributed by atoms with Crippen molar-refractivity contribution < 1.29 is 19.1 Å². The Labute approximate surface area is 296 Å². The van der Waals surface area contributed by atoms with E-state index < -0.39 is 22.5 Å². The first-order chi connectivity index (χ1) is 22.9. The summed E-state index contributed by atoms with van der Waals surface area (Å²) >= 11 is 7.33. The molecule has 2 fully saturated rings. The Morgan fingerprint density at radius 3 is 2.43 bits per heavy atom. The lowest BCUT2D eigenvalue weighted by Gasteiger charge is -2.39. The van der Waals surface area contributed by atoms with Gasteiger partial charge in [0.2, 0.25) is 0 Å². The van der Waals surface area contributed by atoms with Crippen LogP contribution in [0, 0.1) is 0 Å². The summed E-state index contributed by atoms with van der Waals surface area (Å²) in [7, 11) is -1.33.